The maximum absolute atomic E-state index is 5.72. The van der Waals surface area contributed by atoms with E-state index >= 15 is 0 Å². The highest BCUT2D eigenvalue weighted by atomic mass is 32.1. The number of rotatable bonds is 2. The number of fused-ring (bicyclic) bond motifs is 2. The van der Waals surface area contributed by atoms with Crippen LogP contribution in [0.4, 0.5) is 5.13 Å². The van der Waals surface area contributed by atoms with Crippen molar-refractivity contribution in [3.8, 4) is 0 Å². The maximum Gasteiger partial charge on any atom is 0.180 e. The lowest BCUT2D eigenvalue weighted by Gasteiger charge is -2.39. The van der Waals surface area contributed by atoms with E-state index < -0.39 is 0 Å². The van der Waals surface area contributed by atoms with Gasteiger partial charge in [-0.15, -0.1) is 11.3 Å². The molecule has 2 unspecified atom stereocenters. The number of nitrogens with zero attached hydrogens (tertiary/aromatic N) is 2. The van der Waals surface area contributed by atoms with Crippen molar-refractivity contribution >= 4 is 16.5 Å². The molecular formula is C14H23N3S. The molecule has 3 nitrogen and oxygen atoms in total. The van der Waals surface area contributed by atoms with Crippen molar-refractivity contribution < 1.29 is 0 Å². The first kappa shape index (κ1) is 12.4. The number of aromatic nitrogens is 1. The summed E-state index contributed by atoms with van der Waals surface area (Å²) in [5.41, 5.74) is 6.73. The Morgan fingerprint density at radius 3 is 2.89 bits per heavy atom. The van der Waals surface area contributed by atoms with Crippen molar-refractivity contribution in [1.29, 1.82) is 0 Å². The second kappa shape index (κ2) is 3.94. The predicted molar refractivity (Wildman–Crippen MR) is 76.5 cm³/mol. The second-order valence-corrected chi connectivity index (χ2v) is 8.43. The zero-order valence-corrected chi connectivity index (χ0v) is 12.4. The minimum absolute atomic E-state index is 0.499. The molecule has 100 valence electrons. The van der Waals surface area contributed by atoms with Gasteiger partial charge in [0.05, 0.1) is 0 Å². The van der Waals surface area contributed by atoms with E-state index in [0.717, 1.165) is 12.6 Å². The normalized spacial score (nSPS) is 34.9. The molecule has 0 radical (unpaired) electrons. The summed E-state index contributed by atoms with van der Waals surface area (Å²) in [5.74, 6) is 0. The molecule has 1 aromatic heterocycles. The first-order valence-electron chi connectivity index (χ1n) is 6.80. The second-order valence-electron chi connectivity index (χ2n) is 7.28. The molecule has 2 N–H and O–H groups in total. The van der Waals surface area contributed by atoms with Gasteiger partial charge in [-0.3, -0.25) is 4.90 Å². The molecule has 2 aliphatic rings. The van der Waals surface area contributed by atoms with E-state index in [0.29, 0.717) is 16.0 Å². The zero-order valence-electron chi connectivity index (χ0n) is 11.6. The molecule has 0 spiro atoms. The highest BCUT2D eigenvalue weighted by Crippen LogP contribution is 2.52. The van der Waals surface area contributed by atoms with E-state index in [-0.39, 0.29) is 0 Å². The van der Waals surface area contributed by atoms with Gasteiger partial charge in [0.1, 0.15) is 0 Å². The number of hydrogen-bond donors (Lipinski definition) is 1. The standard InChI is InChI=1S/C14H23N3S/c1-13(2)4-10-5-14(3,8-13)9-17(10)7-11-6-16-12(15)18-11/h6,10H,4-5,7-9H2,1-3H3,(H2,15,16). The summed E-state index contributed by atoms with van der Waals surface area (Å²) < 4.78 is 0. The van der Waals surface area contributed by atoms with Crippen molar-refractivity contribution in [2.75, 3.05) is 12.3 Å². The Kier molecular flexibility index (Phi) is 2.72. The van der Waals surface area contributed by atoms with Crippen LogP contribution in [0.1, 0.15) is 44.9 Å². The van der Waals surface area contributed by atoms with E-state index in [1.807, 2.05) is 6.20 Å². The van der Waals surface area contributed by atoms with Crippen LogP contribution in [0.15, 0.2) is 6.20 Å². The Balaban J connectivity index is 1.76. The molecule has 3 rings (SSSR count). The van der Waals surface area contributed by atoms with Crippen LogP contribution in [0.5, 0.6) is 0 Å². The summed E-state index contributed by atoms with van der Waals surface area (Å²) in [6.07, 6.45) is 6.00. The van der Waals surface area contributed by atoms with Gasteiger partial charge in [-0.25, -0.2) is 4.98 Å². The van der Waals surface area contributed by atoms with Crippen molar-refractivity contribution in [3.63, 3.8) is 0 Å². The SMILES string of the molecule is CC1(C)CC2CC(C)(CN2Cc2cnc(N)s2)C1. The molecule has 18 heavy (non-hydrogen) atoms. The number of likely N-dealkylation sites (tertiary alicyclic amines) is 1. The minimum atomic E-state index is 0.499. The first-order valence-corrected chi connectivity index (χ1v) is 7.61. The fraction of sp³-hybridized carbons (Fsp3) is 0.786. The Bertz CT molecular complexity index is 454. The molecule has 1 saturated carbocycles. The number of nitrogen functional groups attached to an aromatic ring is 1. The third-order valence-electron chi connectivity index (χ3n) is 4.45. The van der Waals surface area contributed by atoms with Gasteiger partial charge in [-0.2, -0.15) is 0 Å². The highest BCUT2D eigenvalue weighted by molar-refractivity contribution is 7.15. The summed E-state index contributed by atoms with van der Waals surface area (Å²) in [5, 5.41) is 0.693. The smallest absolute Gasteiger partial charge is 0.180 e. The van der Waals surface area contributed by atoms with Gasteiger partial charge in [0.25, 0.3) is 0 Å². The summed E-state index contributed by atoms with van der Waals surface area (Å²) >= 11 is 1.63. The molecule has 2 bridgehead atoms. The maximum atomic E-state index is 5.72. The number of anilines is 1. The van der Waals surface area contributed by atoms with Crippen LogP contribution in [0.3, 0.4) is 0 Å². The zero-order chi connectivity index (χ0) is 13.0. The summed E-state index contributed by atoms with van der Waals surface area (Å²) in [4.78, 5) is 8.12. The average molecular weight is 265 g/mol. The van der Waals surface area contributed by atoms with Crippen molar-refractivity contribution in [3.05, 3.63) is 11.1 Å². The Morgan fingerprint density at radius 1 is 1.44 bits per heavy atom. The lowest BCUT2D eigenvalue weighted by Crippen LogP contribution is -2.34. The summed E-state index contributed by atoms with van der Waals surface area (Å²) in [6, 6.07) is 0.752. The fourth-order valence-corrected chi connectivity index (χ4v) is 5.07. The van der Waals surface area contributed by atoms with Gasteiger partial charge in [0.2, 0.25) is 0 Å². The highest BCUT2D eigenvalue weighted by Gasteiger charge is 2.49. The molecule has 2 heterocycles. The van der Waals surface area contributed by atoms with Crippen molar-refractivity contribution in [2.45, 2.75) is 52.6 Å². The quantitative estimate of drug-likeness (QED) is 0.893. The average Bonchev–Trinajstić information content (AvgIpc) is 2.68. The van der Waals surface area contributed by atoms with Crippen LogP contribution in [0.25, 0.3) is 0 Å². The van der Waals surface area contributed by atoms with Crippen LogP contribution < -0.4 is 5.73 Å². The van der Waals surface area contributed by atoms with Crippen LogP contribution >= 0.6 is 11.3 Å². The molecule has 1 saturated heterocycles. The fourth-order valence-electron chi connectivity index (χ4n) is 4.36. The predicted octanol–water partition coefficient (Wildman–Crippen LogP) is 3.13. The molecule has 4 heteroatoms. The van der Waals surface area contributed by atoms with Crippen LogP contribution in [-0.2, 0) is 6.54 Å². The molecule has 0 amide bonds. The lowest BCUT2D eigenvalue weighted by atomic mass is 9.65. The van der Waals surface area contributed by atoms with E-state index in [1.165, 1.54) is 30.7 Å². The van der Waals surface area contributed by atoms with E-state index in [2.05, 4.69) is 30.7 Å². The lowest BCUT2D eigenvalue weighted by molar-refractivity contribution is 0.126. The van der Waals surface area contributed by atoms with Gasteiger partial charge in [0, 0.05) is 30.2 Å². The third-order valence-corrected chi connectivity index (χ3v) is 5.26. The van der Waals surface area contributed by atoms with Gasteiger partial charge < -0.3 is 5.73 Å². The molecule has 2 atom stereocenters. The number of hydrogen-bond acceptors (Lipinski definition) is 4. The van der Waals surface area contributed by atoms with Crippen LogP contribution in [-0.4, -0.2) is 22.5 Å². The topological polar surface area (TPSA) is 42.2 Å². The molecule has 1 aromatic rings. The van der Waals surface area contributed by atoms with Gasteiger partial charge >= 0.3 is 0 Å². The molecule has 1 aliphatic carbocycles. The van der Waals surface area contributed by atoms with E-state index in [9.17, 15) is 0 Å². The largest absolute Gasteiger partial charge is 0.375 e. The third kappa shape index (κ3) is 2.28. The minimum Gasteiger partial charge on any atom is -0.375 e. The van der Waals surface area contributed by atoms with Gasteiger partial charge in [0.15, 0.2) is 5.13 Å². The van der Waals surface area contributed by atoms with Crippen molar-refractivity contribution in [2.24, 2.45) is 10.8 Å². The summed E-state index contributed by atoms with van der Waals surface area (Å²) in [6.45, 7) is 9.57. The van der Waals surface area contributed by atoms with Gasteiger partial charge in [-0.05, 0) is 30.1 Å². The van der Waals surface area contributed by atoms with Crippen molar-refractivity contribution in [1.82, 2.24) is 9.88 Å². The number of thiazole rings is 1. The van der Waals surface area contributed by atoms with E-state index in [4.69, 9.17) is 5.73 Å². The molecule has 2 fully saturated rings. The first-order chi connectivity index (χ1) is 8.35. The summed E-state index contributed by atoms with van der Waals surface area (Å²) in [7, 11) is 0. The Hall–Kier alpha value is -0.610. The van der Waals surface area contributed by atoms with Crippen LogP contribution in [0.2, 0.25) is 0 Å². The Morgan fingerprint density at radius 2 is 2.22 bits per heavy atom. The molecular weight excluding hydrogens is 242 g/mol. The monoisotopic (exact) mass is 265 g/mol. The van der Waals surface area contributed by atoms with Gasteiger partial charge in [-0.1, -0.05) is 20.8 Å². The Labute approximate surface area is 113 Å². The van der Waals surface area contributed by atoms with Crippen LogP contribution in [0, 0.1) is 10.8 Å². The van der Waals surface area contributed by atoms with E-state index in [1.54, 1.807) is 11.3 Å². The number of nitrogens with two attached hydrogens (primary N) is 1. The molecule has 0 aromatic carbocycles. The molecule has 1 aliphatic heterocycles.